The fraction of sp³-hybridized carbons (Fsp3) is 0.333. The zero-order valence-corrected chi connectivity index (χ0v) is 21.4. The maximum absolute atomic E-state index is 15.7. The number of fused-ring (bicyclic) bond motifs is 5. The number of rotatable bonds is 3. The zero-order chi connectivity index (χ0) is 28.8. The fourth-order valence-corrected chi connectivity index (χ4v) is 5.75. The topological polar surface area (TPSA) is 99.0 Å². The highest BCUT2D eigenvalue weighted by Crippen LogP contribution is 2.54. The first-order chi connectivity index (χ1) is 18.9. The molecule has 3 aliphatic rings. The summed E-state index contributed by atoms with van der Waals surface area (Å²) in [4.78, 5) is 48.0. The number of carbonyl (C=O) groups is 2. The van der Waals surface area contributed by atoms with E-state index in [0.29, 0.717) is 0 Å². The van der Waals surface area contributed by atoms with Gasteiger partial charge in [-0.15, -0.1) is 0 Å². The average molecular weight is 558 g/mol. The van der Waals surface area contributed by atoms with E-state index in [1.54, 1.807) is 11.8 Å². The third kappa shape index (κ3) is 3.52. The maximum atomic E-state index is 15.7. The molecule has 2 amide bonds. The van der Waals surface area contributed by atoms with Crippen molar-refractivity contribution in [1.29, 1.82) is 0 Å². The summed E-state index contributed by atoms with van der Waals surface area (Å²) in [5, 5.41) is 10.2. The summed E-state index contributed by atoms with van der Waals surface area (Å²) >= 11 is 0. The van der Waals surface area contributed by atoms with Crippen LogP contribution < -0.4 is 15.4 Å². The van der Waals surface area contributed by atoms with Crippen LogP contribution in [0.15, 0.2) is 41.7 Å². The minimum absolute atomic E-state index is 0.0468. The number of benzene rings is 1. The van der Waals surface area contributed by atoms with Gasteiger partial charge in [0.25, 0.3) is 17.4 Å². The number of halogens is 4. The monoisotopic (exact) mass is 557 g/mol. The van der Waals surface area contributed by atoms with Gasteiger partial charge < -0.3 is 19.8 Å². The van der Waals surface area contributed by atoms with Gasteiger partial charge in [-0.3, -0.25) is 19.0 Å². The molecule has 40 heavy (non-hydrogen) atoms. The maximum Gasteiger partial charge on any atom is 0.278 e. The standard InChI is InChI=1S/C27H23F4N5O4/c1-4-19(38)34-11-16-25(39)33(3)23-22(35(16)10-12(34)2)13-8-15(29)21(20-14(28)6-5-7-17(20)37)32-24(13)36(26(23)40)18-9-27(18,30)31/h4-8,12,16,18,37H,1,9-11H2,2-3H3/t12-,16-,18+/m1/s1. The Morgan fingerprint density at radius 2 is 1.88 bits per heavy atom. The highest BCUT2D eigenvalue weighted by atomic mass is 19.3. The molecule has 3 atom stereocenters. The van der Waals surface area contributed by atoms with Gasteiger partial charge in [-0.2, -0.15) is 0 Å². The number of hydrogen-bond acceptors (Lipinski definition) is 6. The van der Waals surface area contributed by atoms with Crippen molar-refractivity contribution in [2.45, 2.75) is 37.4 Å². The quantitative estimate of drug-likeness (QED) is 0.393. The number of hydrogen-bond donors (Lipinski definition) is 1. The minimum atomic E-state index is -3.26. The lowest BCUT2D eigenvalue weighted by Crippen LogP contribution is -2.66. The molecule has 9 nitrogen and oxygen atoms in total. The van der Waals surface area contributed by atoms with Gasteiger partial charge >= 0.3 is 0 Å². The molecule has 1 aromatic carbocycles. The van der Waals surface area contributed by atoms with Crippen LogP contribution in [0.1, 0.15) is 19.4 Å². The normalized spacial score (nSPS) is 23.2. The van der Waals surface area contributed by atoms with E-state index >= 15 is 4.39 Å². The highest BCUT2D eigenvalue weighted by Gasteiger charge is 2.60. The highest BCUT2D eigenvalue weighted by molar-refractivity contribution is 6.11. The van der Waals surface area contributed by atoms with Crippen LogP contribution in [0.4, 0.5) is 28.9 Å². The number of aromatic hydroxyl groups is 1. The molecule has 1 saturated heterocycles. The van der Waals surface area contributed by atoms with Crippen LogP contribution in [0.5, 0.6) is 5.75 Å². The number of nitrogens with zero attached hydrogens (tertiary/aromatic N) is 5. The van der Waals surface area contributed by atoms with Gasteiger partial charge in [0.2, 0.25) is 5.91 Å². The molecule has 13 heteroatoms. The Morgan fingerprint density at radius 3 is 2.50 bits per heavy atom. The molecular weight excluding hydrogens is 534 g/mol. The SMILES string of the molecule is C=CC(=O)N1C[C@@H]2C(=O)N(C)c3c(c4cc(F)c(-c5c(O)cccc5F)nc4n([C@H]4CC4(F)F)c3=O)N2C[C@H]1C. The predicted molar refractivity (Wildman–Crippen MR) is 138 cm³/mol. The van der Waals surface area contributed by atoms with Crippen molar-refractivity contribution in [3.8, 4) is 17.0 Å². The Balaban J connectivity index is 1.66. The summed E-state index contributed by atoms with van der Waals surface area (Å²) in [6.45, 7) is 5.23. The van der Waals surface area contributed by atoms with Gasteiger partial charge in [-0.05, 0) is 31.2 Å². The minimum Gasteiger partial charge on any atom is -0.507 e. The molecule has 1 N–H and O–H groups in total. The van der Waals surface area contributed by atoms with Crippen LogP contribution in [0.2, 0.25) is 0 Å². The number of carbonyl (C=O) groups excluding carboxylic acids is 2. The number of pyridine rings is 2. The van der Waals surface area contributed by atoms with E-state index < -0.39 is 76.5 Å². The fourth-order valence-electron chi connectivity index (χ4n) is 5.75. The zero-order valence-electron chi connectivity index (χ0n) is 21.4. The Bertz CT molecular complexity index is 1690. The Kier molecular flexibility index (Phi) is 5.51. The van der Waals surface area contributed by atoms with E-state index in [2.05, 4.69) is 11.6 Å². The first kappa shape index (κ1) is 25.8. The summed E-state index contributed by atoms with van der Waals surface area (Å²) in [5.74, 6) is -6.91. The molecular formula is C27H23F4N5O4. The molecule has 0 bridgehead atoms. The molecule has 2 fully saturated rings. The second-order valence-corrected chi connectivity index (χ2v) is 10.3. The number of phenolic OH excluding ortho intramolecular Hbond substituents is 1. The lowest BCUT2D eigenvalue weighted by molar-refractivity contribution is -0.130. The number of anilines is 2. The predicted octanol–water partition coefficient (Wildman–Crippen LogP) is 3.20. The number of amides is 2. The Morgan fingerprint density at radius 1 is 1.18 bits per heavy atom. The number of likely N-dealkylation sites (N-methyl/N-ethyl adjacent to an activating group) is 1. The largest absolute Gasteiger partial charge is 0.507 e. The summed E-state index contributed by atoms with van der Waals surface area (Å²) in [6, 6.07) is 1.22. The van der Waals surface area contributed by atoms with Crippen molar-refractivity contribution in [3.63, 3.8) is 0 Å². The summed E-state index contributed by atoms with van der Waals surface area (Å²) in [7, 11) is 1.31. The Hall–Kier alpha value is -4.42. The van der Waals surface area contributed by atoms with Gasteiger partial charge in [0, 0.05) is 31.4 Å². The van der Waals surface area contributed by atoms with Crippen molar-refractivity contribution in [3.05, 3.63) is 58.9 Å². The molecule has 1 aliphatic carbocycles. The molecule has 4 heterocycles. The van der Waals surface area contributed by atoms with Crippen molar-refractivity contribution in [1.82, 2.24) is 14.5 Å². The van der Waals surface area contributed by atoms with Crippen LogP contribution in [-0.4, -0.2) is 69.5 Å². The van der Waals surface area contributed by atoms with Crippen molar-refractivity contribution in [2.75, 3.05) is 29.9 Å². The van der Waals surface area contributed by atoms with Gasteiger partial charge in [-0.1, -0.05) is 12.6 Å². The van der Waals surface area contributed by atoms with E-state index in [1.165, 1.54) is 18.0 Å². The third-order valence-electron chi connectivity index (χ3n) is 7.85. The molecule has 0 radical (unpaired) electrons. The molecule has 0 unspecified atom stereocenters. The number of alkyl halides is 2. The first-order valence-corrected chi connectivity index (χ1v) is 12.5. The van der Waals surface area contributed by atoms with E-state index in [-0.39, 0.29) is 35.5 Å². The summed E-state index contributed by atoms with van der Waals surface area (Å²) in [5.41, 5.74) is -2.67. The van der Waals surface area contributed by atoms with Crippen LogP contribution in [0.25, 0.3) is 22.3 Å². The van der Waals surface area contributed by atoms with Crippen molar-refractivity contribution < 1.29 is 32.3 Å². The van der Waals surface area contributed by atoms with E-state index in [0.717, 1.165) is 33.7 Å². The lowest BCUT2D eigenvalue weighted by atomic mass is 9.98. The van der Waals surface area contributed by atoms with Gasteiger partial charge in [0.05, 0.1) is 17.8 Å². The lowest BCUT2D eigenvalue weighted by Gasteiger charge is -2.49. The molecule has 6 rings (SSSR count). The van der Waals surface area contributed by atoms with Gasteiger partial charge in [0.1, 0.15) is 40.7 Å². The van der Waals surface area contributed by atoms with Crippen LogP contribution in [-0.2, 0) is 9.59 Å². The number of phenols is 1. The van der Waals surface area contributed by atoms with Crippen molar-refractivity contribution >= 4 is 34.2 Å². The molecule has 0 spiro atoms. The molecule has 208 valence electrons. The van der Waals surface area contributed by atoms with Gasteiger partial charge in [-0.25, -0.2) is 22.5 Å². The second kappa shape index (κ2) is 8.54. The third-order valence-corrected chi connectivity index (χ3v) is 7.85. The van der Waals surface area contributed by atoms with Crippen LogP contribution in [0, 0.1) is 11.6 Å². The van der Waals surface area contributed by atoms with Crippen LogP contribution in [0.3, 0.4) is 0 Å². The van der Waals surface area contributed by atoms with Crippen LogP contribution >= 0.6 is 0 Å². The smallest absolute Gasteiger partial charge is 0.278 e. The first-order valence-electron chi connectivity index (χ1n) is 12.5. The van der Waals surface area contributed by atoms with E-state index in [4.69, 9.17) is 0 Å². The average Bonchev–Trinajstić information content (AvgIpc) is 3.53. The Labute approximate surface area is 224 Å². The molecule has 2 aromatic heterocycles. The van der Waals surface area contributed by atoms with Crippen molar-refractivity contribution in [2.24, 2.45) is 0 Å². The molecule has 1 saturated carbocycles. The summed E-state index contributed by atoms with van der Waals surface area (Å²) in [6.07, 6.45) is 0.444. The van der Waals surface area contributed by atoms with E-state index in [1.807, 2.05) is 0 Å². The van der Waals surface area contributed by atoms with E-state index in [9.17, 15) is 32.7 Å². The number of aromatic nitrogens is 2. The van der Waals surface area contributed by atoms with Gasteiger partial charge in [0.15, 0.2) is 5.82 Å². The summed E-state index contributed by atoms with van der Waals surface area (Å²) < 4.78 is 59.9. The number of piperazine rings is 1. The molecule has 2 aliphatic heterocycles. The molecule has 3 aromatic rings. The second-order valence-electron chi connectivity index (χ2n) is 10.3.